The zero-order valence-electron chi connectivity index (χ0n) is 21.2. The lowest BCUT2D eigenvalue weighted by Gasteiger charge is -2.40. The van der Waals surface area contributed by atoms with E-state index in [9.17, 15) is 32.3 Å². The molecule has 2 N–H and O–H groups in total. The van der Waals surface area contributed by atoms with Crippen molar-refractivity contribution in [3.63, 3.8) is 0 Å². The average Bonchev–Trinajstić information content (AvgIpc) is 3.29. The lowest BCUT2D eigenvalue weighted by atomic mass is 10.1. The number of hydrogen-bond donors (Lipinski definition) is 2. The molecule has 5 rings (SSSR count). The third-order valence-electron chi connectivity index (χ3n) is 7.13. The number of fused-ring (bicyclic) bond motifs is 2. The van der Waals surface area contributed by atoms with Crippen LogP contribution in [0.4, 0.5) is 17.6 Å². The predicted molar refractivity (Wildman–Crippen MR) is 139 cm³/mol. The van der Waals surface area contributed by atoms with Gasteiger partial charge in [0, 0.05) is 43.4 Å². The summed E-state index contributed by atoms with van der Waals surface area (Å²) in [7, 11) is 0. The quantitative estimate of drug-likeness (QED) is 0.324. The zero-order chi connectivity index (χ0) is 28.8. The largest absolute Gasteiger partial charge is 0.573 e. The van der Waals surface area contributed by atoms with E-state index in [1.54, 1.807) is 17.0 Å². The molecule has 0 spiro atoms. The number of aryl methyl sites for hydroxylation is 1. The number of rotatable bonds is 6. The molecule has 2 bridgehead atoms. The van der Waals surface area contributed by atoms with Gasteiger partial charge in [-0.3, -0.25) is 9.69 Å². The molecular weight excluding hydrogens is 556 g/mol. The maximum atomic E-state index is 13.3. The molecule has 3 aromatic rings. The predicted octanol–water partition coefficient (Wildman–Crippen LogP) is 4.76. The van der Waals surface area contributed by atoms with Gasteiger partial charge in [-0.05, 0) is 55.7 Å². The minimum Gasteiger partial charge on any atom is -0.493 e. The number of aromatic amines is 1. The number of ether oxygens (including phenoxy) is 1. The lowest BCUT2D eigenvalue weighted by Crippen LogP contribution is -2.55. The van der Waals surface area contributed by atoms with Crippen LogP contribution in [-0.4, -0.2) is 61.9 Å². The second-order valence-electron chi connectivity index (χ2n) is 9.89. The Morgan fingerprint density at radius 1 is 1.18 bits per heavy atom. The van der Waals surface area contributed by atoms with Crippen molar-refractivity contribution in [1.82, 2.24) is 19.4 Å². The summed E-state index contributed by atoms with van der Waals surface area (Å²) < 4.78 is 57.0. The Labute approximate surface area is 231 Å². The van der Waals surface area contributed by atoms with Gasteiger partial charge in [-0.15, -0.1) is 13.2 Å². The van der Waals surface area contributed by atoms with E-state index in [0.717, 1.165) is 35.1 Å². The molecule has 2 aromatic carbocycles. The number of likely N-dealkylation sites (tertiary alicyclic amines) is 1. The molecule has 0 radical (unpaired) electrons. The van der Waals surface area contributed by atoms with Crippen molar-refractivity contribution in [1.29, 1.82) is 0 Å². The maximum Gasteiger partial charge on any atom is 0.573 e. The van der Waals surface area contributed by atoms with Crippen LogP contribution in [0, 0.1) is 12.7 Å². The van der Waals surface area contributed by atoms with Crippen molar-refractivity contribution in [2.75, 3.05) is 13.1 Å². The molecule has 0 aliphatic carbocycles. The number of carbonyl (C=O) groups excluding carboxylic acids is 1. The highest BCUT2D eigenvalue weighted by Gasteiger charge is 2.41. The van der Waals surface area contributed by atoms with Gasteiger partial charge in [0.25, 0.3) is 0 Å². The minimum absolute atomic E-state index is 0.00399. The van der Waals surface area contributed by atoms with Crippen molar-refractivity contribution in [2.24, 2.45) is 0 Å². The third kappa shape index (κ3) is 5.73. The molecule has 13 heteroatoms. The number of aromatic hydroxyl groups is 1. The molecular formula is C27H25ClF4N4O4. The molecule has 0 unspecified atom stereocenters. The van der Waals surface area contributed by atoms with Crippen LogP contribution in [0.3, 0.4) is 0 Å². The minimum atomic E-state index is -5.03. The number of nitrogens with one attached hydrogen (secondary N) is 1. The van der Waals surface area contributed by atoms with Gasteiger partial charge in [-0.1, -0.05) is 23.7 Å². The fourth-order valence-electron chi connectivity index (χ4n) is 5.42. The topological polar surface area (TPSA) is 90.8 Å². The Bertz CT molecular complexity index is 1500. The molecule has 2 saturated heterocycles. The van der Waals surface area contributed by atoms with E-state index < -0.39 is 28.7 Å². The molecule has 3 heterocycles. The second-order valence-corrected chi connectivity index (χ2v) is 10.3. The number of amides is 1. The standard InChI is InChI=1S/C27H25ClF4N4O4/c1-15-25(38)36(26(39)33-15)22-11-21(28)23(40-27(30,31)32)10-17(22)4-9-24(37)35-19-7-8-20(35)14-34(13-19)12-16-2-5-18(29)6-3-16/h2-6,9-11,19-20,38H,7-8,12-14H2,1H3,(H,33,39)/t19-,20+. The van der Waals surface area contributed by atoms with Crippen LogP contribution in [0.2, 0.25) is 5.02 Å². The van der Waals surface area contributed by atoms with Crippen LogP contribution in [0.5, 0.6) is 11.6 Å². The Morgan fingerprint density at radius 2 is 1.82 bits per heavy atom. The summed E-state index contributed by atoms with van der Waals surface area (Å²) >= 11 is 6.02. The molecule has 1 amide bonds. The van der Waals surface area contributed by atoms with E-state index in [1.165, 1.54) is 31.2 Å². The fourth-order valence-corrected chi connectivity index (χ4v) is 5.62. The number of nitrogens with zero attached hydrogens (tertiary/aromatic N) is 3. The maximum absolute atomic E-state index is 13.3. The van der Waals surface area contributed by atoms with Crippen LogP contribution >= 0.6 is 11.6 Å². The summed E-state index contributed by atoms with van der Waals surface area (Å²) in [5.74, 6) is -1.82. The lowest BCUT2D eigenvalue weighted by molar-refractivity contribution is -0.274. The van der Waals surface area contributed by atoms with Crippen LogP contribution in [-0.2, 0) is 11.3 Å². The summed E-state index contributed by atoms with van der Waals surface area (Å²) in [5.41, 5.74) is 0.314. The van der Waals surface area contributed by atoms with Crippen LogP contribution in [0.25, 0.3) is 11.8 Å². The first kappa shape index (κ1) is 27.8. The summed E-state index contributed by atoms with van der Waals surface area (Å²) in [4.78, 5) is 32.2. The Morgan fingerprint density at radius 3 is 2.40 bits per heavy atom. The van der Waals surface area contributed by atoms with Gasteiger partial charge in [-0.25, -0.2) is 13.8 Å². The van der Waals surface area contributed by atoms with E-state index in [4.69, 9.17) is 11.6 Å². The normalized spacial score (nSPS) is 19.5. The number of alkyl halides is 3. The fraction of sp³-hybridized carbons (Fsp3) is 0.333. The van der Waals surface area contributed by atoms with Crippen LogP contribution in [0.15, 0.2) is 47.3 Å². The van der Waals surface area contributed by atoms with Crippen molar-refractivity contribution in [2.45, 2.75) is 44.8 Å². The van der Waals surface area contributed by atoms with Crippen molar-refractivity contribution >= 4 is 23.6 Å². The number of piperazine rings is 1. The second kappa shape index (κ2) is 10.7. The molecule has 1 aromatic heterocycles. The Kier molecular flexibility index (Phi) is 7.40. The summed E-state index contributed by atoms with van der Waals surface area (Å²) in [5, 5.41) is 9.95. The molecule has 212 valence electrons. The van der Waals surface area contributed by atoms with Crippen LogP contribution in [0.1, 0.15) is 29.7 Å². The highest BCUT2D eigenvalue weighted by Crippen LogP contribution is 2.36. The number of carbonyl (C=O) groups is 1. The molecule has 2 aliphatic rings. The van der Waals surface area contributed by atoms with Crippen molar-refractivity contribution < 1.29 is 32.2 Å². The van der Waals surface area contributed by atoms with E-state index in [-0.39, 0.29) is 40.8 Å². The first-order valence-corrected chi connectivity index (χ1v) is 12.8. The zero-order valence-corrected chi connectivity index (χ0v) is 22.0. The van der Waals surface area contributed by atoms with E-state index in [2.05, 4.69) is 14.6 Å². The summed E-state index contributed by atoms with van der Waals surface area (Å²) in [6.07, 6.45) is -0.932. The number of aromatic nitrogens is 2. The van der Waals surface area contributed by atoms with Crippen LogP contribution < -0.4 is 10.4 Å². The van der Waals surface area contributed by atoms with Gasteiger partial charge in [0.2, 0.25) is 11.8 Å². The average molecular weight is 581 g/mol. The molecule has 40 heavy (non-hydrogen) atoms. The smallest absolute Gasteiger partial charge is 0.493 e. The highest BCUT2D eigenvalue weighted by atomic mass is 35.5. The number of halogens is 5. The number of H-pyrrole nitrogens is 1. The summed E-state index contributed by atoms with van der Waals surface area (Å²) in [6.45, 7) is 3.31. The monoisotopic (exact) mass is 580 g/mol. The van der Waals surface area contributed by atoms with Gasteiger partial charge in [0.15, 0.2) is 0 Å². The first-order valence-electron chi connectivity index (χ1n) is 12.5. The van der Waals surface area contributed by atoms with Gasteiger partial charge >= 0.3 is 12.1 Å². The van der Waals surface area contributed by atoms with Gasteiger partial charge in [0.1, 0.15) is 11.6 Å². The third-order valence-corrected chi connectivity index (χ3v) is 7.43. The summed E-state index contributed by atoms with van der Waals surface area (Å²) in [6, 6.07) is 8.16. The highest BCUT2D eigenvalue weighted by molar-refractivity contribution is 6.32. The number of imidazole rings is 1. The van der Waals surface area contributed by atoms with Crippen molar-refractivity contribution in [3.8, 4) is 17.3 Å². The molecule has 2 aliphatic heterocycles. The Balaban J connectivity index is 1.40. The van der Waals surface area contributed by atoms with Gasteiger partial charge < -0.3 is 19.7 Å². The van der Waals surface area contributed by atoms with Crippen molar-refractivity contribution in [3.05, 3.63) is 80.6 Å². The number of hydrogen-bond acceptors (Lipinski definition) is 5. The molecule has 2 atom stereocenters. The number of benzene rings is 2. The van der Waals surface area contributed by atoms with E-state index in [0.29, 0.717) is 19.6 Å². The molecule has 2 fully saturated rings. The van der Waals surface area contributed by atoms with Gasteiger partial charge in [0.05, 0.1) is 16.4 Å². The Hall–Kier alpha value is -3.77. The molecule has 0 saturated carbocycles. The molecule has 8 nitrogen and oxygen atoms in total. The van der Waals surface area contributed by atoms with E-state index in [1.807, 2.05) is 0 Å². The van der Waals surface area contributed by atoms with Gasteiger partial charge in [-0.2, -0.15) is 0 Å². The van der Waals surface area contributed by atoms with E-state index >= 15 is 0 Å². The SMILES string of the molecule is Cc1[nH]c(=O)n(-c2cc(Cl)c(OC(F)(F)F)cc2C=CC(=O)N2[C@@H]3CC[C@H]2CN(Cc2ccc(F)cc2)C3)c1O. The first-order chi connectivity index (χ1) is 18.9.